The van der Waals surface area contributed by atoms with Crippen molar-refractivity contribution in [3.8, 4) is 5.69 Å². The van der Waals surface area contributed by atoms with Crippen LogP contribution >= 0.6 is 11.6 Å². The number of anilines is 1. The number of carbonyl (C=O) groups is 1. The van der Waals surface area contributed by atoms with Gasteiger partial charge in [-0.3, -0.25) is 9.78 Å². The van der Waals surface area contributed by atoms with Crippen LogP contribution in [0.3, 0.4) is 0 Å². The van der Waals surface area contributed by atoms with Crippen LogP contribution in [-0.2, 0) is 9.53 Å². The summed E-state index contributed by atoms with van der Waals surface area (Å²) in [5, 5.41) is 6.65. The van der Waals surface area contributed by atoms with Crippen molar-refractivity contribution in [3.05, 3.63) is 47.7 Å². The Morgan fingerprint density at radius 3 is 2.69 bits per heavy atom. The molecule has 5 rings (SSSR count). The van der Waals surface area contributed by atoms with Crippen LogP contribution in [-0.4, -0.2) is 89.5 Å². The highest BCUT2D eigenvalue weighted by molar-refractivity contribution is 6.30. The molecule has 2 fully saturated rings. The highest BCUT2D eigenvalue weighted by Gasteiger charge is 2.31. The molecule has 1 aromatic carbocycles. The lowest BCUT2D eigenvalue weighted by Crippen LogP contribution is -2.51. The lowest BCUT2D eigenvalue weighted by atomic mass is 10.1. The van der Waals surface area contributed by atoms with Gasteiger partial charge in [-0.05, 0) is 37.4 Å². The molecule has 0 saturated carbocycles. The summed E-state index contributed by atoms with van der Waals surface area (Å²) in [5.41, 5.74) is 1.83. The normalized spacial score (nSPS) is 20.1. The summed E-state index contributed by atoms with van der Waals surface area (Å²) in [6, 6.07) is 9.53. The molecule has 2 aromatic heterocycles. The first-order valence-electron chi connectivity index (χ1n) is 11.0. The van der Waals surface area contributed by atoms with Crippen LogP contribution in [0.15, 0.2) is 42.7 Å². The number of pyridine rings is 1. The smallest absolute Gasteiger partial charge is 0.224 e. The van der Waals surface area contributed by atoms with Crippen molar-refractivity contribution in [3.63, 3.8) is 0 Å². The predicted octanol–water partition coefficient (Wildman–Crippen LogP) is 2.44. The minimum Gasteiger partial charge on any atom is -0.377 e. The summed E-state index contributed by atoms with van der Waals surface area (Å²) in [7, 11) is 2.09. The minimum atomic E-state index is -0.0548. The van der Waals surface area contributed by atoms with Crippen LogP contribution in [0, 0.1) is 0 Å². The van der Waals surface area contributed by atoms with E-state index in [-0.39, 0.29) is 11.9 Å². The predicted molar refractivity (Wildman–Crippen MR) is 125 cm³/mol. The van der Waals surface area contributed by atoms with Crippen LogP contribution in [0.2, 0.25) is 5.02 Å². The maximum Gasteiger partial charge on any atom is 0.224 e. The van der Waals surface area contributed by atoms with Gasteiger partial charge < -0.3 is 19.4 Å². The summed E-state index contributed by atoms with van der Waals surface area (Å²) in [4.78, 5) is 23.8. The van der Waals surface area contributed by atoms with Crippen LogP contribution in [0.25, 0.3) is 16.6 Å². The molecule has 3 aromatic rings. The first-order chi connectivity index (χ1) is 15.6. The number of carbonyl (C=O) groups excluding carboxylic acids is 1. The second-order valence-electron chi connectivity index (χ2n) is 8.41. The van der Waals surface area contributed by atoms with Gasteiger partial charge in [-0.25, -0.2) is 4.68 Å². The highest BCUT2D eigenvalue weighted by Crippen LogP contribution is 2.31. The zero-order valence-electron chi connectivity index (χ0n) is 18.2. The molecule has 0 spiro atoms. The average Bonchev–Trinajstić information content (AvgIpc) is 3.20. The molecule has 1 amide bonds. The van der Waals surface area contributed by atoms with E-state index in [0.717, 1.165) is 48.6 Å². The Kier molecular flexibility index (Phi) is 5.99. The molecule has 1 unspecified atom stereocenters. The Morgan fingerprint density at radius 1 is 1.12 bits per heavy atom. The summed E-state index contributed by atoms with van der Waals surface area (Å²) < 4.78 is 7.67. The van der Waals surface area contributed by atoms with E-state index >= 15 is 0 Å². The molecule has 0 radical (unpaired) electrons. The van der Waals surface area contributed by atoms with Crippen LogP contribution in [0.4, 0.5) is 5.82 Å². The van der Waals surface area contributed by atoms with Crippen LogP contribution < -0.4 is 4.90 Å². The first kappa shape index (κ1) is 21.2. The standard InChI is InChI=1S/C23H27ClN6O2/c1-27-8-10-28(11-9-27)22(31)14-19-16-32-13-12-29(19)23-20-6-7-25-15-21(20)30(26-23)18-4-2-17(24)3-5-18/h2-7,15,19H,8-14,16H2,1H3. The van der Waals surface area contributed by atoms with Crippen molar-refractivity contribution < 1.29 is 9.53 Å². The fraction of sp³-hybridized carbons (Fsp3) is 0.435. The third-order valence-electron chi connectivity index (χ3n) is 6.30. The van der Waals surface area contributed by atoms with E-state index in [4.69, 9.17) is 21.4 Å². The molecular formula is C23H27ClN6O2. The molecule has 2 saturated heterocycles. The SMILES string of the molecule is CN1CCN(C(=O)CC2COCCN2c2nn(-c3ccc(Cl)cc3)c3cnccc23)CC1. The van der Waals surface area contributed by atoms with Crippen molar-refractivity contribution in [1.82, 2.24) is 24.6 Å². The van der Waals surface area contributed by atoms with Crippen LogP contribution in [0.1, 0.15) is 6.42 Å². The van der Waals surface area contributed by atoms with Gasteiger partial charge in [-0.2, -0.15) is 0 Å². The van der Waals surface area contributed by atoms with Gasteiger partial charge >= 0.3 is 0 Å². The Balaban J connectivity index is 1.45. The molecule has 4 heterocycles. The van der Waals surface area contributed by atoms with E-state index in [1.165, 1.54) is 0 Å². The summed E-state index contributed by atoms with van der Waals surface area (Å²) in [6.07, 6.45) is 4.03. The lowest BCUT2D eigenvalue weighted by Gasteiger charge is -2.38. The van der Waals surface area contributed by atoms with E-state index < -0.39 is 0 Å². The van der Waals surface area contributed by atoms with E-state index in [1.807, 2.05) is 46.1 Å². The molecule has 8 nitrogen and oxygen atoms in total. The van der Waals surface area contributed by atoms with Crippen molar-refractivity contribution in [2.75, 3.05) is 57.9 Å². The van der Waals surface area contributed by atoms with E-state index in [9.17, 15) is 4.79 Å². The molecule has 0 bridgehead atoms. The Bertz CT molecular complexity index is 1090. The molecule has 2 aliphatic rings. The quantitative estimate of drug-likeness (QED) is 0.603. The van der Waals surface area contributed by atoms with Gasteiger partial charge in [0.25, 0.3) is 0 Å². The Hall–Kier alpha value is -2.68. The minimum absolute atomic E-state index is 0.0548. The summed E-state index contributed by atoms with van der Waals surface area (Å²) in [6.45, 7) is 5.21. The average molecular weight is 455 g/mol. The van der Waals surface area contributed by atoms with E-state index in [0.29, 0.717) is 31.2 Å². The Morgan fingerprint density at radius 2 is 1.91 bits per heavy atom. The van der Waals surface area contributed by atoms with Gasteiger partial charge in [0.1, 0.15) is 0 Å². The number of amides is 1. The molecule has 9 heteroatoms. The number of benzene rings is 1. The topological polar surface area (TPSA) is 66.7 Å². The van der Waals surface area contributed by atoms with Gasteiger partial charge in [0.15, 0.2) is 5.82 Å². The maximum absolute atomic E-state index is 13.0. The van der Waals surface area contributed by atoms with Crippen molar-refractivity contribution in [1.29, 1.82) is 0 Å². The molecule has 168 valence electrons. The summed E-state index contributed by atoms with van der Waals surface area (Å²) >= 11 is 6.08. The number of ether oxygens (including phenoxy) is 1. The first-order valence-corrected chi connectivity index (χ1v) is 11.4. The molecule has 32 heavy (non-hydrogen) atoms. The second kappa shape index (κ2) is 9.05. The van der Waals surface area contributed by atoms with E-state index in [1.54, 1.807) is 6.20 Å². The van der Waals surface area contributed by atoms with Gasteiger partial charge in [-0.15, -0.1) is 5.10 Å². The number of hydrogen-bond donors (Lipinski definition) is 0. The number of aromatic nitrogens is 3. The number of nitrogens with zero attached hydrogens (tertiary/aromatic N) is 6. The number of likely N-dealkylation sites (N-methyl/N-ethyl adjacent to an activating group) is 1. The number of rotatable bonds is 4. The zero-order chi connectivity index (χ0) is 22.1. The highest BCUT2D eigenvalue weighted by atomic mass is 35.5. The van der Waals surface area contributed by atoms with E-state index in [2.05, 4.69) is 21.8 Å². The summed E-state index contributed by atoms with van der Waals surface area (Å²) in [5.74, 6) is 1.04. The zero-order valence-corrected chi connectivity index (χ0v) is 18.9. The molecule has 0 N–H and O–H groups in total. The number of halogens is 1. The van der Waals surface area contributed by atoms with Gasteiger partial charge in [-0.1, -0.05) is 11.6 Å². The molecule has 0 aliphatic carbocycles. The van der Waals surface area contributed by atoms with Crippen molar-refractivity contribution >= 4 is 34.2 Å². The number of fused-ring (bicyclic) bond motifs is 1. The van der Waals surface area contributed by atoms with Gasteiger partial charge in [0, 0.05) is 55.8 Å². The number of hydrogen-bond acceptors (Lipinski definition) is 6. The van der Waals surface area contributed by atoms with Crippen molar-refractivity contribution in [2.24, 2.45) is 0 Å². The largest absolute Gasteiger partial charge is 0.377 e. The third kappa shape index (κ3) is 4.18. The maximum atomic E-state index is 13.0. The number of morpholine rings is 1. The third-order valence-corrected chi connectivity index (χ3v) is 6.55. The van der Waals surface area contributed by atoms with Crippen LogP contribution in [0.5, 0.6) is 0 Å². The second-order valence-corrected chi connectivity index (χ2v) is 8.85. The molecule has 1 atom stereocenters. The van der Waals surface area contributed by atoms with Gasteiger partial charge in [0.2, 0.25) is 5.91 Å². The monoisotopic (exact) mass is 454 g/mol. The van der Waals surface area contributed by atoms with Crippen molar-refractivity contribution in [2.45, 2.75) is 12.5 Å². The fourth-order valence-corrected chi connectivity index (χ4v) is 4.55. The van der Waals surface area contributed by atoms with Gasteiger partial charge in [0.05, 0.1) is 36.7 Å². The molecular weight excluding hydrogens is 428 g/mol. The lowest BCUT2D eigenvalue weighted by molar-refractivity contribution is -0.133. The Labute approximate surface area is 192 Å². The number of piperazine rings is 1. The molecule has 2 aliphatic heterocycles. The fourth-order valence-electron chi connectivity index (χ4n) is 4.43.